The molecule has 5 saturated carbocycles. The predicted octanol–water partition coefficient (Wildman–Crippen LogP) is 9.04. The van der Waals surface area contributed by atoms with E-state index in [1.807, 2.05) is 34.6 Å². The van der Waals surface area contributed by atoms with Gasteiger partial charge in [0.1, 0.15) is 6.10 Å². The number of aryl methyl sites for hydroxylation is 1. The molecule has 10 heteroatoms. The highest BCUT2D eigenvalue weighted by Gasteiger charge is 2.70. The average Bonchev–Trinajstić information content (AvgIpc) is 3.43. The Morgan fingerprint density at radius 2 is 1.58 bits per heavy atom. The van der Waals surface area contributed by atoms with E-state index in [1.165, 1.54) is 5.57 Å². The van der Waals surface area contributed by atoms with Crippen LogP contribution in [0.25, 0.3) is 0 Å². The van der Waals surface area contributed by atoms with Gasteiger partial charge in [0, 0.05) is 42.1 Å². The minimum Gasteiger partial charge on any atom is -0.481 e. The average molecular weight is 828 g/mol. The highest BCUT2D eigenvalue weighted by Crippen LogP contribution is 2.77. The van der Waals surface area contributed by atoms with Gasteiger partial charge < -0.3 is 20.5 Å². The van der Waals surface area contributed by atoms with Crippen molar-refractivity contribution in [1.29, 1.82) is 0 Å². The molecule has 6 aliphatic rings. The molecule has 7 rings (SSSR count). The summed E-state index contributed by atoms with van der Waals surface area (Å²) >= 11 is 0. The van der Waals surface area contributed by atoms with Gasteiger partial charge in [-0.15, -0.1) is 0 Å². The lowest BCUT2D eigenvalue weighted by Crippen LogP contribution is -2.66. The van der Waals surface area contributed by atoms with E-state index in [1.54, 1.807) is 18.3 Å². The number of amides is 2. The number of fused-ring (bicyclic) bond motifs is 7. The Hall–Kier alpha value is -3.56. The summed E-state index contributed by atoms with van der Waals surface area (Å²) < 4.78 is 6.42. The molecule has 0 saturated heterocycles. The van der Waals surface area contributed by atoms with Gasteiger partial charge in [0.25, 0.3) is 5.91 Å². The van der Waals surface area contributed by atoms with Gasteiger partial charge in [0.05, 0.1) is 22.9 Å². The van der Waals surface area contributed by atoms with Crippen molar-refractivity contribution in [3.63, 3.8) is 0 Å². The first kappa shape index (κ1) is 44.5. The van der Waals surface area contributed by atoms with E-state index in [0.29, 0.717) is 30.2 Å². The van der Waals surface area contributed by atoms with Crippen molar-refractivity contribution in [2.24, 2.45) is 68.0 Å². The predicted molar refractivity (Wildman–Crippen MR) is 230 cm³/mol. The number of allylic oxidation sites excluding steroid dienone is 2. The molecule has 2 amide bonds. The van der Waals surface area contributed by atoms with Crippen LogP contribution < -0.4 is 10.6 Å². The molecule has 10 nitrogen and oxygen atoms in total. The summed E-state index contributed by atoms with van der Waals surface area (Å²) in [6, 6.07) is 3.56. The molecule has 10 atom stereocenters. The number of hydrogen-bond acceptors (Lipinski definition) is 7. The number of nitrogens with zero attached hydrogens (tertiary/aromatic N) is 1. The van der Waals surface area contributed by atoms with Crippen LogP contribution in [0.4, 0.5) is 0 Å². The number of ketones is 1. The molecule has 1 aromatic rings. The van der Waals surface area contributed by atoms with E-state index < -0.39 is 34.2 Å². The van der Waals surface area contributed by atoms with Gasteiger partial charge in [-0.25, -0.2) is 0 Å². The number of Topliss-reactive ketones (excluding diaryl/α,β-unsaturated/α-hetero) is 1. The number of carbonyl (C=O) groups excluding carboxylic acids is 4. The molecule has 1 heterocycles. The number of carboxylic acids is 1. The maximum Gasteiger partial charge on any atom is 0.309 e. The van der Waals surface area contributed by atoms with E-state index in [-0.39, 0.29) is 76.1 Å². The van der Waals surface area contributed by atoms with Gasteiger partial charge in [-0.05, 0) is 142 Å². The van der Waals surface area contributed by atoms with Gasteiger partial charge in [-0.1, -0.05) is 67.9 Å². The van der Waals surface area contributed by atoms with Gasteiger partial charge >= 0.3 is 11.9 Å². The number of carbonyl (C=O) groups is 5. The van der Waals surface area contributed by atoms with Crippen molar-refractivity contribution in [2.45, 2.75) is 165 Å². The molecule has 60 heavy (non-hydrogen) atoms. The van der Waals surface area contributed by atoms with E-state index in [4.69, 9.17) is 4.74 Å². The zero-order valence-electron chi connectivity index (χ0n) is 38.6. The summed E-state index contributed by atoms with van der Waals surface area (Å²) in [7, 11) is 0. The van der Waals surface area contributed by atoms with E-state index in [0.717, 1.165) is 62.6 Å². The van der Waals surface area contributed by atoms with Gasteiger partial charge in [-0.2, -0.15) is 0 Å². The first-order valence-electron chi connectivity index (χ1n) is 23.0. The number of carboxylic acid groups (broad SMARTS) is 1. The van der Waals surface area contributed by atoms with E-state index in [2.05, 4.69) is 64.1 Å². The number of nitrogens with one attached hydrogen (secondary N) is 2. The quantitative estimate of drug-likeness (QED) is 0.198. The van der Waals surface area contributed by atoms with Crippen LogP contribution in [0.5, 0.6) is 0 Å². The Bertz CT molecular complexity index is 1980. The highest BCUT2D eigenvalue weighted by atomic mass is 16.5. The molecule has 1 aromatic heterocycles. The number of hydrogen-bond donors (Lipinski definition) is 3. The fourth-order valence-electron chi connectivity index (χ4n) is 14.8. The summed E-state index contributed by atoms with van der Waals surface area (Å²) in [6.45, 7) is 26.2. The summed E-state index contributed by atoms with van der Waals surface area (Å²) in [5, 5.41) is 15.9. The van der Waals surface area contributed by atoms with Gasteiger partial charge in [0.2, 0.25) is 5.91 Å². The minimum atomic E-state index is -0.840. The van der Waals surface area contributed by atoms with Crippen molar-refractivity contribution < 1.29 is 33.8 Å². The number of rotatable bonds is 10. The SMILES string of the molecule is Cc1ccc(C(=O)NC(C)(C)CNC(=O)C[C@@]23CC[C@]4(C)[C@H](CC[C@@H]5[C@@]6(C)CC[C@H](OC(=O)[C@H]7C[C@@H](C(=O)O)C7(C)C)C(C)(C)[C@@H]6CC[C@]54C)C2=C(C(C)C)C(=O)C3)cn1. The molecule has 6 aliphatic carbocycles. The normalized spacial score (nSPS) is 37.8. The zero-order chi connectivity index (χ0) is 44.2. The lowest BCUT2D eigenvalue weighted by molar-refractivity contribution is -0.236. The molecular weight excluding hydrogens is 755 g/mol. The summed E-state index contributed by atoms with van der Waals surface area (Å²) in [5.41, 5.74) is 1.50. The van der Waals surface area contributed by atoms with Gasteiger partial charge in [0.15, 0.2) is 5.78 Å². The van der Waals surface area contributed by atoms with Crippen LogP contribution in [0.2, 0.25) is 0 Å². The second-order valence-electron chi connectivity index (χ2n) is 23.2. The van der Waals surface area contributed by atoms with E-state index in [9.17, 15) is 29.1 Å². The summed E-state index contributed by atoms with van der Waals surface area (Å²) in [5.74, 6) is -0.993. The van der Waals surface area contributed by atoms with Crippen LogP contribution >= 0.6 is 0 Å². The molecule has 0 aromatic carbocycles. The fourth-order valence-corrected chi connectivity index (χ4v) is 14.8. The van der Waals surface area contributed by atoms with Crippen molar-refractivity contribution in [3.8, 4) is 0 Å². The number of esters is 1. The Kier molecular flexibility index (Phi) is 11.0. The molecule has 330 valence electrons. The maximum absolute atomic E-state index is 14.2. The maximum atomic E-state index is 14.2. The number of ether oxygens (including phenoxy) is 1. The molecule has 0 bridgehead atoms. The van der Waals surface area contributed by atoms with Crippen molar-refractivity contribution in [2.75, 3.05) is 6.54 Å². The molecule has 0 aliphatic heterocycles. The molecule has 0 unspecified atom stereocenters. The largest absolute Gasteiger partial charge is 0.481 e. The third-order valence-electron chi connectivity index (χ3n) is 18.5. The first-order valence-corrected chi connectivity index (χ1v) is 23.0. The molecule has 0 radical (unpaired) electrons. The Morgan fingerprint density at radius 1 is 0.883 bits per heavy atom. The van der Waals surface area contributed by atoms with Crippen LogP contribution in [0, 0.1) is 74.9 Å². The Balaban J connectivity index is 1.08. The lowest BCUT2D eigenvalue weighted by Gasteiger charge is -2.72. The smallest absolute Gasteiger partial charge is 0.309 e. The van der Waals surface area contributed by atoms with E-state index >= 15 is 0 Å². The number of pyridine rings is 1. The monoisotopic (exact) mass is 828 g/mol. The Labute approximate surface area is 358 Å². The fraction of sp³-hybridized carbons (Fsp3) is 0.760. The second-order valence-corrected chi connectivity index (χ2v) is 23.2. The van der Waals surface area contributed by atoms with Crippen molar-refractivity contribution in [1.82, 2.24) is 15.6 Å². The number of aromatic nitrogens is 1. The molecule has 0 spiro atoms. The van der Waals surface area contributed by atoms with Crippen molar-refractivity contribution >= 4 is 29.5 Å². The third-order valence-corrected chi connectivity index (χ3v) is 18.5. The minimum absolute atomic E-state index is 0.0207. The first-order chi connectivity index (χ1) is 27.7. The highest BCUT2D eigenvalue weighted by molar-refractivity contribution is 6.01. The van der Waals surface area contributed by atoms with Crippen LogP contribution in [0.15, 0.2) is 29.5 Å². The standard InChI is InChI=1S/C50H73N3O7/c1-28(2)39-34(54)24-50(25-38(55)52-27-44(4,5)53-41(56)30-14-13-29(3)51-26-30)22-21-48(11)31(40(39)50)15-16-36-47(10)19-18-37(46(8,9)35(47)17-20-49(36,48)12)60-43(59)33-23-32(42(57)58)45(33,6)7/h13-14,26,28,31-33,35-37H,15-25,27H2,1-12H3,(H,52,55)(H,53,56)(H,57,58)/t31-,32+,33-,35+,36-,37+,47+,48-,49-,50+/m1/s1. The third kappa shape index (κ3) is 6.87. The van der Waals surface area contributed by atoms with Crippen molar-refractivity contribution in [3.05, 3.63) is 40.7 Å². The van der Waals surface area contributed by atoms with Crippen LogP contribution in [0.3, 0.4) is 0 Å². The zero-order valence-corrected chi connectivity index (χ0v) is 38.6. The summed E-state index contributed by atoms with van der Waals surface area (Å²) in [4.78, 5) is 71.0. The lowest BCUT2D eigenvalue weighted by atomic mass is 9.33. The molecule has 5 fully saturated rings. The van der Waals surface area contributed by atoms with Crippen LogP contribution in [0.1, 0.15) is 163 Å². The van der Waals surface area contributed by atoms with Crippen LogP contribution in [-0.2, 0) is 23.9 Å². The Morgan fingerprint density at radius 3 is 2.20 bits per heavy atom. The molecular formula is C50H73N3O7. The molecule has 3 N–H and O–H groups in total. The number of aliphatic carboxylic acids is 1. The topological polar surface area (TPSA) is 152 Å². The second kappa shape index (κ2) is 14.8. The van der Waals surface area contributed by atoms with Gasteiger partial charge in [-0.3, -0.25) is 29.0 Å². The van der Waals surface area contributed by atoms with Crippen LogP contribution in [-0.4, -0.2) is 57.8 Å². The summed E-state index contributed by atoms with van der Waals surface area (Å²) in [6.07, 6.45) is 10.1.